The third-order valence-corrected chi connectivity index (χ3v) is 3.66. The number of rotatable bonds is 11. The zero-order valence-electron chi connectivity index (χ0n) is 20.3. The number of amides is 3. The molecule has 8 nitrogen and oxygen atoms in total. The van der Waals surface area contributed by atoms with Crippen LogP contribution in [0, 0.1) is 5.92 Å². The van der Waals surface area contributed by atoms with Gasteiger partial charge in [-0.15, -0.1) is 0 Å². The van der Waals surface area contributed by atoms with Gasteiger partial charge in [-0.25, -0.2) is 0 Å². The summed E-state index contributed by atoms with van der Waals surface area (Å²) >= 11 is 0. The second kappa shape index (κ2) is 29.1. The molecule has 0 fully saturated rings. The van der Waals surface area contributed by atoms with Crippen LogP contribution >= 0.6 is 0 Å². The average molecular weight is 434 g/mol. The minimum atomic E-state index is -0.388. The Hall–Kier alpha value is -2.12. The van der Waals surface area contributed by atoms with Crippen molar-refractivity contribution in [3.05, 3.63) is 0 Å². The lowest BCUT2D eigenvalue weighted by atomic mass is 10.0. The summed E-state index contributed by atoms with van der Waals surface area (Å²) in [4.78, 5) is 42.0. The van der Waals surface area contributed by atoms with Gasteiger partial charge in [0.2, 0.25) is 17.7 Å². The lowest BCUT2D eigenvalue weighted by Gasteiger charge is -2.07. The number of unbranched alkanes of at least 4 members (excludes halogenated alkanes) is 3. The third-order valence-electron chi connectivity index (χ3n) is 3.66. The second-order valence-electron chi connectivity index (χ2n) is 6.84. The predicted octanol–water partition coefficient (Wildman–Crippen LogP) is 3.45. The minimum absolute atomic E-state index is 0.0983. The van der Waals surface area contributed by atoms with Crippen LogP contribution in [-0.4, -0.2) is 37.3 Å². The molecule has 1 atom stereocenters. The molecule has 180 valence electrons. The van der Waals surface area contributed by atoms with Crippen LogP contribution < -0.4 is 16.8 Å². The Kier molecular flexibility index (Phi) is 34.2. The first-order chi connectivity index (χ1) is 14.0. The number of carbonyl (C=O) groups is 4. The number of esters is 1. The molecule has 0 aromatic rings. The Morgan fingerprint density at radius 1 is 0.867 bits per heavy atom. The highest BCUT2D eigenvalue weighted by molar-refractivity contribution is 5.81. The molecule has 1 unspecified atom stereocenters. The largest absolute Gasteiger partial charge is 0.469 e. The van der Waals surface area contributed by atoms with E-state index in [1.54, 1.807) is 6.92 Å². The minimum Gasteiger partial charge on any atom is -0.469 e. The lowest BCUT2D eigenvalue weighted by molar-refractivity contribution is -0.142. The van der Waals surface area contributed by atoms with E-state index in [1.807, 2.05) is 0 Å². The summed E-state index contributed by atoms with van der Waals surface area (Å²) in [7, 11) is 1.29. The van der Waals surface area contributed by atoms with Crippen molar-refractivity contribution < 1.29 is 23.9 Å². The van der Waals surface area contributed by atoms with Gasteiger partial charge in [0.1, 0.15) is 0 Å². The summed E-state index contributed by atoms with van der Waals surface area (Å²) in [6, 6.07) is 0. The summed E-state index contributed by atoms with van der Waals surface area (Å²) in [5.41, 5.74) is 9.60. The molecular formula is C22H47N3O5. The molecular weight excluding hydrogens is 386 g/mol. The fourth-order valence-corrected chi connectivity index (χ4v) is 1.35. The monoisotopic (exact) mass is 433 g/mol. The van der Waals surface area contributed by atoms with Crippen molar-refractivity contribution in [3.8, 4) is 0 Å². The number of hydrogen-bond acceptors (Lipinski definition) is 5. The van der Waals surface area contributed by atoms with Gasteiger partial charge in [-0.1, -0.05) is 66.7 Å². The van der Waals surface area contributed by atoms with Gasteiger partial charge in [-0.3, -0.25) is 19.2 Å². The highest BCUT2D eigenvalue weighted by Gasteiger charge is 2.08. The van der Waals surface area contributed by atoms with E-state index in [4.69, 9.17) is 5.73 Å². The average Bonchev–Trinajstić information content (AvgIpc) is 2.71. The van der Waals surface area contributed by atoms with Crippen molar-refractivity contribution in [2.75, 3.05) is 13.7 Å². The van der Waals surface area contributed by atoms with Crippen LogP contribution in [0.5, 0.6) is 0 Å². The molecule has 3 amide bonds. The van der Waals surface area contributed by atoms with Crippen LogP contribution in [0.2, 0.25) is 0 Å². The smallest absolute Gasteiger partial charge is 0.306 e. The normalized spacial score (nSPS) is 9.83. The number of primary amides is 2. The number of nitrogens with two attached hydrogens (primary N) is 2. The lowest BCUT2D eigenvalue weighted by Crippen LogP contribution is -2.25. The van der Waals surface area contributed by atoms with Crippen molar-refractivity contribution in [1.29, 1.82) is 0 Å². The number of nitrogens with one attached hydrogen (secondary N) is 1. The third kappa shape index (κ3) is 44.9. The van der Waals surface area contributed by atoms with Gasteiger partial charge >= 0.3 is 5.97 Å². The molecule has 0 aliphatic heterocycles. The van der Waals surface area contributed by atoms with Crippen molar-refractivity contribution >= 4 is 23.7 Å². The summed E-state index contributed by atoms with van der Waals surface area (Å²) in [5, 5.41) is 2.70. The van der Waals surface area contributed by atoms with Crippen molar-refractivity contribution in [1.82, 2.24) is 5.32 Å². The number of hydrogen-bond donors (Lipinski definition) is 3. The molecule has 0 saturated heterocycles. The Balaban J connectivity index is -0.000000229. The number of carbonyl (C=O) groups excluding carboxylic acids is 4. The predicted molar refractivity (Wildman–Crippen MR) is 123 cm³/mol. The maximum atomic E-state index is 11.3. The van der Waals surface area contributed by atoms with Crippen LogP contribution in [0.15, 0.2) is 0 Å². The summed E-state index contributed by atoms with van der Waals surface area (Å²) < 4.78 is 4.43. The van der Waals surface area contributed by atoms with E-state index < -0.39 is 0 Å². The molecule has 0 saturated carbocycles. The molecule has 0 aromatic carbocycles. The SMILES string of the molecule is CC(N)=O.CCCC.CCCC.COC(=O)CCC(=O)NCCCCC(C)C(N)=O. The Labute approximate surface area is 183 Å². The highest BCUT2D eigenvalue weighted by Crippen LogP contribution is 2.06. The van der Waals surface area contributed by atoms with Gasteiger partial charge in [-0.2, -0.15) is 0 Å². The summed E-state index contributed by atoms with van der Waals surface area (Å²) in [6.45, 7) is 12.4. The summed E-state index contributed by atoms with van der Waals surface area (Å²) in [6.07, 6.45) is 7.88. The Morgan fingerprint density at radius 3 is 1.63 bits per heavy atom. The number of methoxy groups -OCH3 is 1. The maximum absolute atomic E-state index is 11.3. The van der Waals surface area contributed by atoms with Gasteiger partial charge in [0.05, 0.1) is 13.5 Å². The molecule has 30 heavy (non-hydrogen) atoms. The zero-order chi connectivity index (χ0) is 24.4. The van der Waals surface area contributed by atoms with E-state index in [-0.39, 0.29) is 42.5 Å². The fourth-order valence-electron chi connectivity index (χ4n) is 1.35. The van der Waals surface area contributed by atoms with Crippen LogP contribution in [0.4, 0.5) is 0 Å². The van der Waals surface area contributed by atoms with Gasteiger partial charge in [0.25, 0.3) is 0 Å². The quantitative estimate of drug-likeness (QED) is 0.338. The molecule has 0 aliphatic carbocycles. The molecule has 0 aliphatic rings. The first-order valence-electron chi connectivity index (χ1n) is 10.9. The molecule has 0 heterocycles. The topological polar surface area (TPSA) is 142 Å². The van der Waals surface area contributed by atoms with Gasteiger partial charge in [-0.05, 0) is 12.8 Å². The van der Waals surface area contributed by atoms with E-state index in [0.29, 0.717) is 6.54 Å². The molecule has 0 radical (unpaired) electrons. The van der Waals surface area contributed by atoms with E-state index in [2.05, 4.69) is 43.5 Å². The van der Waals surface area contributed by atoms with Crippen molar-refractivity contribution in [3.63, 3.8) is 0 Å². The number of ether oxygens (including phenoxy) is 1. The van der Waals surface area contributed by atoms with E-state index >= 15 is 0 Å². The summed E-state index contributed by atoms with van der Waals surface area (Å²) in [5.74, 6) is -1.30. The van der Waals surface area contributed by atoms with E-state index in [0.717, 1.165) is 19.3 Å². The molecule has 0 rings (SSSR count). The molecule has 0 aromatic heterocycles. The molecule has 8 heteroatoms. The van der Waals surface area contributed by atoms with Crippen molar-refractivity contribution in [2.45, 2.75) is 99.3 Å². The van der Waals surface area contributed by atoms with Gasteiger partial charge in [0, 0.05) is 25.8 Å². The van der Waals surface area contributed by atoms with Crippen LogP contribution in [-0.2, 0) is 23.9 Å². The Bertz CT molecular complexity index is 417. The standard InChI is InChI=1S/C12H22N2O4.2C4H10.C2H5NO/c1-9(12(13)17)5-3-4-8-14-10(15)6-7-11(16)18-2;2*1-3-4-2;1-2(3)4/h9H,3-8H2,1-2H3,(H2,13,17)(H,14,15);2*3-4H2,1-2H3;1H3,(H2,3,4). The Morgan fingerprint density at radius 2 is 1.30 bits per heavy atom. The second-order valence-corrected chi connectivity index (χ2v) is 6.84. The first-order valence-corrected chi connectivity index (χ1v) is 10.9. The van der Waals surface area contributed by atoms with Gasteiger partial charge < -0.3 is 21.5 Å². The maximum Gasteiger partial charge on any atom is 0.306 e. The first kappa shape index (κ1) is 35.3. The fraction of sp³-hybridized carbons (Fsp3) is 0.818. The zero-order valence-corrected chi connectivity index (χ0v) is 20.3. The van der Waals surface area contributed by atoms with Crippen LogP contribution in [0.1, 0.15) is 99.3 Å². The van der Waals surface area contributed by atoms with E-state index in [1.165, 1.54) is 39.7 Å². The van der Waals surface area contributed by atoms with Crippen LogP contribution in [0.25, 0.3) is 0 Å². The van der Waals surface area contributed by atoms with Gasteiger partial charge in [0.15, 0.2) is 0 Å². The van der Waals surface area contributed by atoms with Crippen LogP contribution in [0.3, 0.4) is 0 Å². The molecule has 5 N–H and O–H groups in total. The highest BCUT2D eigenvalue weighted by atomic mass is 16.5. The molecule has 0 bridgehead atoms. The van der Waals surface area contributed by atoms with E-state index in [9.17, 15) is 19.2 Å². The molecule has 0 spiro atoms. The van der Waals surface area contributed by atoms with Crippen molar-refractivity contribution in [2.24, 2.45) is 17.4 Å².